The number of ether oxygens (including phenoxy) is 2. The number of carbonyl (C=O) groups is 1. The van der Waals surface area contributed by atoms with Crippen molar-refractivity contribution in [1.29, 1.82) is 0 Å². The average molecular weight is 386 g/mol. The average Bonchev–Trinajstić information content (AvgIpc) is 3.00. The third-order valence-electron chi connectivity index (χ3n) is 5.18. The van der Waals surface area contributed by atoms with Gasteiger partial charge >= 0.3 is 0 Å². The topological polar surface area (TPSA) is 90.7 Å². The summed E-state index contributed by atoms with van der Waals surface area (Å²) in [6.45, 7) is 1.30. The molecule has 1 saturated carbocycles. The van der Waals surface area contributed by atoms with E-state index in [0.717, 1.165) is 44.2 Å². The van der Waals surface area contributed by atoms with Crippen LogP contribution < -0.4 is 14.8 Å². The van der Waals surface area contributed by atoms with Gasteiger partial charge in [-0.05, 0) is 38.0 Å². The van der Waals surface area contributed by atoms with E-state index in [0.29, 0.717) is 17.2 Å². The largest absolute Gasteiger partial charge is 0.448 e. The molecule has 1 aliphatic carbocycles. The van der Waals surface area contributed by atoms with Crippen LogP contribution in [0.1, 0.15) is 48.0 Å². The summed E-state index contributed by atoms with van der Waals surface area (Å²) in [5, 5.41) is 13.7. The van der Waals surface area contributed by atoms with Crippen molar-refractivity contribution in [3.8, 4) is 11.5 Å². The van der Waals surface area contributed by atoms with Crippen LogP contribution in [-0.4, -0.2) is 16.6 Å². The quantitative estimate of drug-likeness (QED) is 0.608. The van der Waals surface area contributed by atoms with Crippen molar-refractivity contribution in [2.75, 3.05) is 5.32 Å². The van der Waals surface area contributed by atoms with Crippen molar-refractivity contribution >= 4 is 17.3 Å². The summed E-state index contributed by atoms with van der Waals surface area (Å²) in [4.78, 5) is 22.8. The molecule has 0 atom stereocenters. The Kier molecular flexibility index (Phi) is 4.41. The lowest BCUT2D eigenvalue weighted by atomic mass is 9.94. The van der Waals surface area contributed by atoms with Gasteiger partial charge in [0.2, 0.25) is 0 Å². The number of anilines is 1. The van der Waals surface area contributed by atoms with Crippen LogP contribution in [0, 0.1) is 22.9 Å². The number of fused-ring (bicyclic) bond motifs is 1. The lowest BCUT2D eigenvalue weighted by molar-refractivity contribution is -0.385. The summed E-state index contributed by atoms with van der Waals surface area (Å²) in [6, 6.07) is 7.07. The first-order valence-electron chi connectivity index (χ1n) is 9.15. The molecule has 2 aromatic rings. The van der Waals surface area contributed by atoms with E-state index in [4.69, 9.17) is 9.47 Å². The Morgan fingerprint density at radius 3 is 2.57 bits per heavy atom. The van der Waals surface area contributed by atoms with Gasteiger partial charge in [0.1, 0.15) is 5.82 Å². The number of nitro benzene ring substituents is 1. The number of nitrogens with one attached hydrogen (secondary N) is 1. The minimum Gasteiger partial charge on any atom is -0.448 e. The van der Waals surface area contributed by atoms with E-state index >= 15 is 0 Å². The van der Waals surface area contributed by atoms with Crippen LogP contribution in [0.25, 0.3) is 0 Å². The molecule has 1 aliphatic heterocycles. The molecule has 0 saturated heterocycles. The summed E-state index contributed by atoms with van der Waals surface area (Å²) >= 11 is 0. The summed E-state index contributed by atoms with van der Waals surface area (Å²) in [5.74, 6) is -0.903. The van der Waals surface area contributed by atoms with Crippen molar-refractivity contribution in [2.24, 2.45) is 0 Å². The van der Waals surface area contributed by atoms with Gasteiger partial charge in [0.25, 0.3) is 17.4 Å². The Morgan fingerprint density at radius 2 is 1.86 bits per heavy atom. The Morgan fingerprint density at radius 1 is 1.14 bits per heavy atom. The van der Waals surface area contributed by atoms with Gasteiger partial charge in [-0.3, -0.25) is 14.9 Å². The van der Waals surface area contributed by atoms with Gasteiger partial charge in [0, 0.05) is 36.2 Å². The Balaban J connectivity index is 1.54. The standard InChI is InChI=1S/C20H19FN2O5/c1-12-15(21)9-13(10-16(12)23(25)26)19(24)22-14-5-6-17-18(11-14)28-20(27-17)7-3-2-4-8-20/h5-6,9-11H,2-4,7-8H2,1H3,(H,22,24). The molecule has 0 bridgehead atoms. The molecular weight excluding hydrogens is 367 g/mol. The van der Waals surface area contributed by atoms with Crippen LogP contribution in [0.2, 0.25) is 0 Å². The van der Waals surface area contributed by atoms with Gasteiger partial charge in [-0.2, -0.15) is 0 Å². The van der Waals surface area contributed by atoms with Crippen molar-refractivity contribution in [1.82, 2.24) is 0 Å². The number of halogens is 1. The maximum absolute atomic E-state index is 14.0. The maximum atomic E-state index is 14.0. The molecule has 4 rings (SSSR count). The molecule has 1 amide bonds. The van der Waals surface area contributed by atoms with E-state index in [-0.39, 0.29) is 11.1 Å². The van der Waals surface area contributed by atoms with Crippen molar-refractivity contribution < 1.29 is 23.6 Å². The number of hydrogen-bond acceptors (Lipinski definition) is 5. The van der Waals surface area contributed by atoms with Gasteiger partial charge in [-0.25, -0.2) is 4.39 Å². The Bertz CT molecular complexity index is 969. The molecule has 1 heterocycles. The molecule has 28 heavy (non-hydrogen) atoms. The normalized spacial score (nSPS) is 16.8. The fraction of sp³-hybridized carbons (Fsp3) is 0.350. The zero-order valence-electron chi connectivity index (χ0n) is 15.3. The first kappa shape index (κ1) is 18.2. The number of carbonyl (C=O) groups excluding carboxylic acids is 1. The fourth-order valence-electron chi connectivity index (χ4n) is 3.65. The second-order valence-electron chi connectivity index (χ2n) is 7.15. The summed E-state index contributed by atoms with van der Waals surface area (Å²) < 4.78 is 26.0. The number of benzene rings is 2. The number of nitrogens with zero attached hydrogens (tertiary/aromatic N) is 1. The van der Waals surface area contributed by atoms with Gasteiger partial charge < -0.3 is 14.8 Å². The van der Waals surface area contributed by atoms with Crippen LogP contribution in [0.5, 0.6) is 11.5 Å². The van der Waals surface area contributed by atoms with E-state index < -0.39 is 28.1 Å². The number of rotatable bonds is 3. The zero-order chi connectivity index (χ0) is 19.9. The van der Waals surface area contributed by atoms with Gasteiger partial charge in [0.05, 0.1) is 10.5 Å². The van der Waals surface area contributed by atoms with Crippen LogP contribution in [0.15, 0.2) is 30.3 Å². The smallest absolute Gasteiger partial charge is 0.276 e. The predicted octanol–water partition coefficient (Wildman–Crippen LogP) is 4.73. The first-order chi connectivity index (χ1) is 13.4. The van der Waals surface area contributed by atoms with E-state index in [9.17, 15) is 19.3 Å². The highest BCUT2D eigenvalue weighted by atomic mass is 19.1. The van der Waals surface area contributed by atoms with Crippen LogP contribution in [0.3, 0.4) is 0 Å². The van der Waals surface area contributed by atoms with Crippen molar-refractivity contribution in [3.05, 3.63) is 57.4 Å². The number of nitro groups is 1. The molecule has 1 N–H and O–H groups in total. The molecule has 146 valence electrons. The highest BCUT2D eigenvalue weighted by Gasteiger charge is 2.42. The SMILES string of the molecule is Cc1c(F)cc(C(=O)Nc2ccc3c(c2)OC2(CCCCC2)O3)cc1[N+](=O)[O-]. The molecule has 1 fully saturated rings. The third-order valence-corrected chi connectivity index (χ3v) is 5.18. The molecule has 8 heteroatoms. The summed E-state index contributed by atoms with van der Waals surface area (Å²) in [6.07, 6.45) is 4.86. The highest BCUT2D eigenvalue weighted by molar-refractivity contribution is 6.05. The lowest BCUT2D eigenvalue weighted by Gasteiger charge is -2.31. The molecular formula is C20H19FN2O5. The minimum absolute atomic E-state index is 0.109. The van der Waals surface area contributed by atoms with Crippen LogP contribution >= 0.6 is 0 Å². The monoisotopic (exact) mass is 386 g/mol. The van der Waals surface area contributed by atoms with Crippen LogP contribution in [-0.2, 0) is 0 Å². The van der Waals surface area contributed by atoms with E-state index in [1.807, 2.05) is 0 Å². The molecule has 0 radical (unpaired) electrons. The Labute approximate surface area is 160 Å². The van der Waals surface area contributed by atoms with Gasteiger partial charge in [-0.15, -0.1) is 0 Å². The predicted molar refractivity (Wildman–Crippen MR) is 99.3 cm³/mol. The summed E-state index contributed by atoms with van der Waals surface area (Å²) in [5.41, 5.74) is -0.238. The van der Waals surface area contributed by atoms with Crippen molar-refractivity contribution in [2.45, 2.75) is 44.8 Å². The maximum Gasteiger partial charge on any atom is 0.276 e. The van der Waals surface area contributed by atoms with E-state index in [1.54, 1.807) is 18.2 Å². The highest BCUT2D eigenvalue weighted by Crippen LogP contribution is 2.46. The zero-order valence-corrected chi connectivity index (χ0v) is 15.3. The second-order valence-corrected chi connectivity index (χ2v) is 7.15. The van der Waals surface area contributed by atoms with Gasteiger partial charge in [-0.1, -0.05) is 6.42 Å². The Hall–Kier alpha value is -3.16. The molecule has 2 aliphatic rings. The van der Waals surface area contributed by atoms with Crippen molar-refractivity contribution in [3.63, 3.8) is 0 Å². The minimum atomic E-state index is -0.802. The lowest BCUT2D eigenvalue weighted by Crippen LogP contribution is -2.40. The van der Waals surface area contributed by atoms with Crippen LogP contribution in [0.4, 0.5) is 15.8 Å². The molecule has 0 aromatic heterocycles. The molecule has 1 spiro atoms. The number of amides is 1. The van der Waals surface area contributed by atoms with Gasteiger partial charge in [0.15, 0.2) is 11.5 Å². The fourth-order valence-corrected chi connectivity index (χ4v) is 3.65. The molecule has 7 nitrogen and oxygen atoms in total. The third kappa shape index (κ3) is 3.26. The second kappa shape index (κ2) is 6.78. The van der Waals surface area contributed by atoms with E-state index in [1.165, 1.54) is 6.92 Å². The first-order valence-corrected chi connectivity index (χ1v) is 9.15. The summed E-state index contributed by atoms with van der Waals surface area (Å²) in [7, 11) is 0. The van der Waals surface area contributed by atoms with E-state index in [2.05, 4.69) is 5.32 Å². The molecule has 2 aromatic carbocycles. The number of hydrogen-bond donors (Lipinski definition) is 1. The molecule has 0 unspecified atom stereocenters.